The monoisotopic (exact) mass is 647 g/mol. The number of nitrogens with one attached hydrogen (secondary N) is 4. The van der Waals surface area contributed by atoms with Crippen molar-refractivity contribution in [3.63, 3.8) is 0 Å². The van der Waals surface area contributed by atoms with E-state index in [9.17, 15) is 14.4 Å². The number of benzene rings is 1. The summed E-state index contributed by atoms with van der Waals surface area (Å²) >= 11 is 0. The minimum Gasteiger partial charge on any atom is -0.381 e. The number of fused-ring (bicyclic) bond motifs is 1. The zero-order chi connectivity index (χ0) is 32.5. The number of aromatic nitrogens is 4. The maximum absolute atomic E-state index is 14.2. The van der Waals surface area contributed by atoms with Crippen LogP contribution in [0, 0.1) is 11.8 Å². The lowest BCUT2D eigenvalue weighted by Gasteiger charge is -2.40. The SMILES string of the molecule is CCNC(=O)[C@H](NC(=O)C1(c2ccc3nc([C@@H](NC(=O)c4ccnn4C)C4CCC(C)([SiH3])CC4)[nH]c3c2)CCOCC1)C1CCC1. The van der Waals surface area contributed by atoms with Crippen molar-refractivity contribution >= 4 is 39.0 Å². The first-order valence-electron chi connectivity index (χ1n) is 17.1. The first kappa shape index (κ1) is 32.4. The smallest absolute Gasteiger partial charge is 0.270 e. The van der Waals surface area contributed by atoms with E-state index in [1.165, 1.54) is 0 Å². The Bertz CT molecular complexity index is 1560. The molecule has 1 aliphatic heterocycles. The molecule has 2 atom stereocenters. The molecule has 0 spiro atoms. The lowest BCUT2D eigenvalue weighted by atomic mass is 9.72. The maximum atomic E-state index is 14.2. The molecule has 3 aromatic rings. The standard InChI is InChI=1S/C34H49N7O4Si/c1-4-35-31(43)28(21-6-5-7-21)40-32(44)34(15-18-45-19-16-34)23-8-9-24-25(20-23)38-29(37-24)27(22-10-13-33(2,46)14-11-22)39-30(42)26-12-17-36-41(26)3/h8-9,12,17,20-22,27-28H,4-7,10-11,13-16,18-19H2,1-3,46H3,(H,35,43)(H,37,38)(H,39,42)(H,40,44)/t22?,27-,28+,33?/m0/s1. The van der Waals surface area contributed by atoms with E-state index in [1.54, 1.807) is 24.0 Å². The summed E-state index contributed by atoms with van der Waals surface area (Å²) in [7, 11) is 2.92. The Balaban J connectivity index is 1.31. The Kier molecular flexibility index (Phi) is 9.38. The highest BCUT2D eigenvalue weighted by Gasteiger charge is 2.45. The number of nitrogens with zero attached hydrogens (tertiary/aromatic N) is 3. The molecule has 1 saturated heterocycles. The molecule has 0 unspecified atom stereocenters. The minimum absolute atomic E-state index is 0.107. The van der Waals surface area contributed by atoms with Gasteiger partial charge in [-0.3, -0.25) is 19.1 Å². The number of imidazole rings is 1. The average molecular weight is 648 g/mol. The van der Waals surface area contributed by atoms with E-state index < -0.39 is 11.5 Å². The van der Waals surface area contributed by atoms with Crippen LogP contribution in [0.1, 0.15) is 99.6 Å². The molecule has 11 nitrogen and oxygen atoms in total. The normalized spacial score (nSPS) is 24.5. The van der Waals surface area contributed by atoms with Crippen molar-refractivity contribution in [1.82, 2.24) is 35.7 Å². The molecule has 1 aromatic carbocycles. The molecule has 6 rings (SSSR count). The molecular formula is C34H49N7O4Si. The second-order valence-corrected chi connectivity index (χ2v) is 16.8. The first-order valence-corrected chi connectivity index (χ1v) is 18.1. The summed E-state index contributed by atoms with van der Waals surface area (Å²) in [6.07, 6.45) is 10.00. The summed E-state index contributed by atoms with van der Waals surface area (Å²) in [6, 6.07) is 6.92. The van der Waals surface area contributed by atoms with Crippen LogP contribution in [0.2, 0.25) is 5.04 Å². The molecule has 4 N–H and O–H groups in total. The van der Waals surface area contributed by atoms with Crippen molar-refractivity contribution in [2.24, 2.45) is 18.9 Å². The second-order valence-electron chi connectivity index (χ2n) is 14.4. The Hall–Kier alpha value is -3.51. The van der Waals surface area contributed by atoms with E-state index in [0.717, 1.165) is 77.6 Å². The number of rotatable bonds is 10. The first-order chi connectivity index (χ1) is 22.1. The Morgan fingerprint density at radius 3 is 2.43 bits per heavy atom. The number of carbonyl (C=O) groups excluding carboxylic acids is 3. The number of hydrogen-bond acceptors (Lipinski definition) is 6. The fourth-order valence-corrected chi connectivity index (χ4v) is 8.13. The van der Waals surface area contributed by atoms with E-state index in [0.29, 0.717) is 43.3 Å². The van der Waals surface area contributed by atoms with E-state index in [1.807, 2.05) is 25.1 Å². The van der Waals surface area contributed by atoms with Crippen LogP contribution >= 0.6 is 0 Å². The molecule has 3 amide bonds. The van der Waals surface area contributed by atoms with Crippen LogP contribution in [0.3, 0.4) is 0 Å². The number of aromatic amines is 1. The van der Waals surface area contributed by atoms with Gasteiger partial charge in [0.25, 0.3) is 5.91 Å². The quantitative estimate of drug-likeness (QED) is 0.249. The van der Waals surface area contributed by atoms with Gasteiger partial charge in [-0.1, -0.05) is 32.3 Å². The number of ether oxygens (including phenoxy) is 1. The van der Waals surface area contributed by atoms with E-state index in [2.05, 4.69) is 33.0 Å². The molecule has 3 aliphatic rings. The molecule has 0 radical (unpaired) electrons. The van der Waals surface area contributed by atoms with Crippen molar-refractivity contribution < 1.29 is 19.1 Å². The van der Waals surface area contributed by atoms with Crippen LogP contribution in [0.4, 0.5) is 0 Å². The van der Waals surface area contributed by atoms with Crippen molar-refractivity contribution in [3.05, 3.63) is 47.5 Å². The summed E-state index contributed by atoms with van der Waals surface area (Å²) in [5, 5.41) is 14.0. The predicted octanol–water partition coefficient (Wildman–Crippen LogP) is 2.97. The zero-order valence-electron chi connectivity index (χ0n) is 27.7. The summed E-state index contributed by atoms with van der Waals surface area (Å²) in [5.41, 5.74) is 2.19. The molecule has 2 aliphatic carbocycles. The van der Waals surface area contributed by atoms with Gasteiger partial charge in [0.2, 0.25) is 11.8 Å². The molecule has 3 heterocycles. The third-order valence-corrected chi connectivity index (χ3v) is 11.9. The Labute approximate surface area is 273 Å². The van der Waals surface area contributed by atoms with Gasteiger partial charge >= 0.3 is 0 Å². The lowest BCUT2D eigenvalue weighted by molar-refractivity contribution is -0.136. The number of H-pyrrole nitrogens is 1. The Morgan fingerprint density at radius 2 is 1.80 bits per heavy atom. The van der Waals surface area contributed by atoms with Crippen molar-refractivity contribution in [1.29, 1.82) is 0 Å². The van der Waals surface area contributed by atoms with E-state index in [4.69, 9.17) is 9.72 Å². The van der Waals surface area contributed by atoms with E-state index >= 15 is 0 Å². The van der Waals surface area contributed by atoms with Crippen LogP contribution in [-0.4, -0.2) is 73.5 Å². The molecule has 0 bridgehead atoms. The number of carbonyl (C=O) groups is 3. The summed E-state index contributed by atoms with van der Waals surface area (Å²) < 4.78 is 7.31. The van der Waals surface area contributed by atoms with Gasteiger partial charge in [-0.05, 0) is 86.1 Å². The van der Waals surface area contributed by atoms with Crippen molar-refractivity contribution in [2.75, 3.05) is 19.8 Å². The van der Waals surface area contributed by atoms with Gasteiger partial charge in [0.1, 0.15) is 17.6 Å². The predicted molar refractivity (Wildman–Crippen MR) is 179 cm³/mol. The van der Waals surface area contributed by atoms with Gasteiger partial charge in [0.05, 0.1) is 22.5 Å². The molecule has 2 aromatic heterocycles. The Morgan fingerprint density at radius 1 is 1.07 bits per heavy atom. The van der Waals surface area contributed by atoms with Crippen LogP contribution in [0.5, 0.6) is 0 Å². The molecule has 12 heteroatoms. The molecule has 3 fully saturated rings. The third kappa shape index (κ3) is 6.51. The second kappa shape index (κ2) is 13.3. The van der Waals surface area contributed by atoms with Crippen LogP contribution < -0.4 is 16.0 Å². The minimum atomic E-state index is -0.821. The fourth-order valence-electron chi connectivity index (χ4n) is 7.55. The largest absolute Gasteiger partial charge is 0.381 e. The van der Waals surface area contributed by atoms with Gasteiger partial charge in [-0.15, -0.1) is 0 Å². The van der Waals surface area contributed by atoms with Crippen molar-refractivity contribution in [2.45, 2.75) is 94.2 Å². The highest BCUT2D eigenvalue weighted by atomic mass is 28.1. The summed E-state index contributed by atoms with van der Waals surface area (Å²) in [4.78, 5) is 49.2. The number of amides is 3. The zero-order valence-corrected chi connectivity index (χ0v) is 29.7. The van der Waals surface area contributed by atoms with E-state index in [-0.39, 0.29) is 35.6 Å². The van der Waals surface area contributed by atoms with Gasteiger partial charge in [0.15, 0.2) is 0 Å². The molecule has 248 valence electrons. The van der Waals surface area contributed by atoms with Gasteiger partial charge in [-0.2, -0.15) is 5.10 Å². The number of likely N-dealkylation sites (N-methyl/N-ethyl adjacent to an activating group) is 1. The highest BCUT2D eigenvalue weighted by Crippen LogP contribution is 2.45. The highest BCUT2D eigenvalue weighted by molar-refractivity contribution is 6.14. The van der Waals surface area contributed by atoms with Gasteiger partial charge in [-0.25, -0.2) is 4.98 Å². The average Bonchev–Trinajstić information content (AvgIpc) is 3.65. The van der Waals surface area contributed by atoms with Crippen LogP contribution in [-0.2, 0) is 26.8 Å². The van der Waals surface area contributed by atoms with Gasteiger partial charge in [0, 0.05) is 43.2 Å². The summed E-state index contributed by atoms with van der Waals surface area (Å²) in [6.45, 7) is 5.74. The van der Waals surface area contributed by atoms with Crippen LogP contribution in [0.25, 0.3) is 11.0 Å². The number of aryl methyl sites for hydroxylation is 1. The summed E-state index contributed by atoms with van der Waals surface area (Å²) in [5.74, 6) is 0.755. The fraction of sp³-hybridized carbons (Fsp3) is 0.618. The third-order valence-electron chi connectivity index (χ3n) is 10.9. The lowest BCUT2D eigenvalue weighted by Crippen LogP contribution is -2.58. The topological polar surface area (TPSA) is 143 Å². The molecular weight excluding hydrogens is 599 g/mol. The van der Waals surface area contributed by atoms with Crippen molar-refractivity contribution in [3.8, 4) is 0 Å². The molecule has 46 heavy (non-hydrogen) atoms. The maximum Gasteiger partial charge on any atom is 0.270 e. The van der Waals surface area contributed by atoms with Crippen LogP contribution in [0.15, 0.2) is 30.5 Å². The number of hydrogen-bond donors (Lipinski definition) is 4. The molecule has 2 saturated carbocycles. The van der Waals surface area contributed by atoms with Gasteiger partial charge < -0.3 is 25.7 Å².